The first-order valence-corrected chi connectivity index (χ1v) is 9.52. The lowest BCUT2D eigenvalue weighted by atomic mass is 10.1. The van der Waals surface area contributed by atoms with Crippen LogP contribution in [0.15, 0.2) is 0 Å². The summed E-state index contributed by atoms with van der Waals surface area (Å²) in [5, 5.41) is 44.3. The molecule has 0 spiro atoms. The molecule has 0 amide bonds. The minimum atomic E-state index is -1.83. The number of rotatable bonds is 12. The van der Waals surface area contributed by atoms with E-state index in [9.17, 15) is 0 Å². The molecule has 0 aromatic heterocycles. The van der Waals surface area contributed by atoms with Gasteiger partial charge in [0.05, 0.1) is 12.2 Å². The van der Waals surface area contributed by atoms with Crippen LogP contribution in [-0.2, 0) is 9.78 Å². The van der Waals surface area contributed by atoms with Gasteiger partial charge in [0.2, 0.25) is 0 Å². The van der Waals surface area contributed by atoms with Crippen LogP contribution in [0, 0.1) is 0 Å². The Hall–Kier alpha value is -1.62. The fourth-order valence-corrected chi connectivity index (χ4v) is 1.82. The Morgan fingerprint density at radius 1 is 0.643 bits per heavy atom. The third-order valence-corrected chi connectivity index (χ3v) is 3.29. The summed E-state index contributed by atoms with van der Waals surface area (Å²) < 4.78 is 0. The molecule has 0 heterocycles. The normalized spacial score (nSPS) is 11.4. The number of unbranched alkanes of at least 4 members (excludes halogenated alkanes) is 6. The second kappa shape index (κ2) is 30.1. The molecule has 6 N–H and O–H groups in total. The van der Waals surface area contributed by atoms with Crippen LogP contribution in [0.5, 0.6) is 0 Å². The highest BCUT2D eigenvalue weighted by Crippen LogP contribution is 2.07. The van der Waals surface area contributed by atoms with Gasteiger partial charge >= 0.3 is 12.3 Å². The van der Waals surface area contributed by atoms with Gasteiger partial charge in [-0.3, -0.25) is 10.5 Å². The van der Waals surface area contributed by atoms with Gasteiger partial charge in [0.15, 0.2) is 0 Å². The maximum atomic E-state index is 8.56. The standard InChI is InChI=1S/2C8H18O2.2CH2O3/c2*1-3-4-5-6-7-8(2)10-9;2*2-1(3)4/h2*8-9H,3-7H2,1-2H3;2*(H2,2,3,4). The Bertz CT molecular complexity index is 275. The van der Waals surface area contributed by atoms with Crippen molar-refractivity contribution in [3.63, 3.8) is 0 Å². The fourth-order valence-electron chi connectivity index (χ4n) is 1.82. The molecule has 2 atom stereocenters. The quantitative estimate of drug-likeness (QED) is 0.124. The SMILES string of the molecule is CCCCCCC(C)OO.CCCCCCC(C)OO.O=C(O)O.O=C(O)O. The summed E-state index contributed by atoms with van der Waals surface area (Å²) in [5.74, 6) is 0. The van der Waals surface area contributed by atoms with Crippen molar-refractivity contribution in [3.05, 3.63) is 0 Å². The van der Waals surface area contributed by atoms with Crippen LogP contribution in [-0.4, -0.2) is 55.5 Å². The number of hydrogen-bond acceptors (Lipinski definition) is 6. The van der Waals surface area contributed by atoms with Crippen LogP contribution in [0.4, 0.5) is 9.59 Å². The Morgan fingerprint density at radius 2 is 0.893 bits per heavy atom. The average molecular weight is 417 g/mol. The molecule has 0 fully saturated rings. The van der Waals surface area contributed by atoms with E-state index in [2.05, 4.69) is 23.6 Å². The first-order valence-electron chi connectivity index (χ1n) is 9.52. The molecule has 28 heavy (non-hydrogen) atoms. The minimum absolute atomic E-state index is 0.0110. The molecule has 2 unspecified atom stereocenters. The van der Waals surface area contributed by atoms with Gasteiger partial charge in [0, 0.05) is 0 Å². The van der Waals surface area contributed by atoms with E-state index in [1.54, 1.807) is 0 Å². The van der Waals surface area contributed by atoms with E-state index in [1.807, 2.05) is 13.8 Å². The highest BCUT2D eigenvalue weighted by atomic mass is 17.1. The van der Waals surface area contributed by atoms with Gasteiger partial charge in [-0.2, -0.15) is 0 Å². The van der Waals surface area contributed by atoms with Crippen LogP contribution in [0.3, 0.4) is 0 Å². The van der Waals surface area contributed by atoms with Gasteiger partial charge in [0.25, 0.3) is 0 Å². The van der Waals surface area contributed by atoms with E-state index in [0.29, 0.717) is 0 Å². The molecule has 10 heteroatoms. The van der Waals surface area contributed by atoms with Gasteiger partial charge in [-0.05, 0) is 26.7 Å². The lowest BCUT2D eigenvalue weighted by Gasteiger charge is -2.05. The Balaban J connectivity index is -0.000000150. The molecule has 172 valence electrons. The van der Waals surface area contributed by atoms with Gasteiger partial charge < -0.3 is 20.4 Å². The van der Waals surface area contributed by atoms with Crippen LogP contribution >= 0.6 is 0 Å². The summed E-state index contributed by atoms with van der Waals surface area (Å²) in [6.07, 6.45) is 8.22. The highest BCUT2D eigenvalue weighted by Gasteiger charge is 1.99. The molecule has 0 saturated heterocycles. The number of hydrogen-bond donors (Lipinski definition) is 6. The maximum absolute atomic E-state index is 8.56. The molecule has 0 bridgehead atoms. The molecule has 0 aliphatic carbocycles. The van der Waals surface area contributed by atoms with Crippen LogP contribution < -0.4 is 0 Å². The molecule has 10 nitrogen and oxygen atoms in total. The average Bonchev–Trinajstić information content (AvgIpc) is 2.61. The second-order valence-electron chi connectivity index (χ2n) is 6.10. The molecule has 0 aromatic rings. The molecular weight excluding hydrogens is 376 g/mol. The van der Waals surface area contributed by atoms with Gasteiger partial charge in [-0.15, -0.1) is 0 Å². The molecule has 0 radical (unpaired) electrons. The van der Waals surface area contributed by atoms with Crippen LogP contribution in [0.1, 0.15) is 91.9 Å². The zero-order chi connectivity index (χ0) is 22.8. The van der Waals surface area contributed by atoms with Crippen molar-refractivity contribution in [2.75, 3.05) is 0 Å². The Kier molecular flexibility index (Phi) is 36.5. The summed E-state index contributed by atoms with van der Waals surface area (Å²) in [6, 6.07) is 0. The fraction of sp³-hybridized carbons (Fsp3) is 0.889. The van der Waals surface area contributed by atoms with Crippen molar-refractivity contribution in [3.8, 4) is 0 Å². The van der Waals surface area contributed by atoms with Crippen LogP contribution in [0.25, 0.3) is 0 Å². The van der Waals surface area contributed by atoms with Gasteiger partial charge in [-0.25, -0.2) is 19.4 Å². The maximum Gasteiger partial charge on any atom is 0.503 e. The summed E-state index contributed by atoms with van der Waals surface area (Å²) in [6.45, 7) is 8.13. The van der Waals surface area contributed by atoms with E-state index in [1.165, 1.54) is 38.5 Å². The molecule has 0 rings (SSSR count). The molecule has 0 saturated carbocycles. The van der Waals surface area contributed by atoms with Gasteiger partial charge in [-0.1, -0.05) is 65.2 Å². The minimum Gasteiger partial charge on any atom is -0.450 e. The topological polar surface area (TPSA) is 174 Å². The van der Waals surface area contributed by atoms with Crippen molar-refractivity contribution >= 4 is 12.3 Å². The van der Waals surface area contributed by atoms with Crippen molar-refractivity contribution in [2.24, 2.45) is 0 Å². The zero-order valence-electron chi connectivity index (χ0n) is 17.5. The largest absolute Gasteiger partial charge is 0.503 e. The summed E-state index contributed by atoms with van der Waals surface area (Å²) in [7, 11) is 0. The molecule has 0 aliphatic heterocycles. The van der Waals surface area contributed by atoms with E-state index in [0.717, 1.165) is 25.7 Å². The van der Waals surface area contributed by atoms with Gasteiger partial charge in [0.1, 0.15) is 0 Å². The second-order valence-corrected chi connectivity index (χ2v) is 6.10. The molecular formula is C18H40O10. The van der Waals surface area contributed by atoms with Crippen molar-refractivity contribution in [2.45, 2.75) is 104 Å². The number of carbonyl (C=O) groups is 2. The summed E-state index contributed by atoms with van der Waals surface area (Å²) in [5.41, 5.74) is 0. The smallest absolute Gasteiger partial charge is 0.450 e. The summed E-state index contributed by atoms with van der Waals surface area (Å²) >= 11 is 0. The van der Waals surface area contributed by atoms with Crippen molar-refractivity contribution in [1.29, 1.82) is 0 Å². The third kappa shape index (κ3) is 64.4. The predicted molar refractivity (Wildman–Crippen MR) is 105 cm³/mol. The van der Waals surface area contributed by atoms with Crippen molar-refractivity contribution < 1.29 is 50.3 Å². The zero-order valence-corrected chi connectivity index (χ0v) is 17.5. The molecule has 0 aliphatic rings. The van der Waals surface area contributed by atoms with E-state index in [4.69, 9.17) is 40.5 Å². The summed E-state index contributed by atoms with van der Waals surface area (Å²) in [4.78, 5) is 25.4. The Labute approximate surface area is 167 Å². The lowest BCUT2D eigenvalue weighted by Crippen LogP contribution is -2.03. The molecule has 0 aromatic carbocycles. The predicted octanol–water partition coefficient (Wildman–Crippen LogP) is 6.11. The number of carboxylic acid groups (broad SMARTS) is 4. The van der Waals surface area contributed by atoms with E-state index in [-0.39, 0.29) is 12.2 Å². The lowest BCUT2D eigenvalue weighted by molar-refractivity contribution is -0.275. The third-order valence-electron chi connectivity index (χ3n) is 3.29. The Morgan fingerprint density at radius 3 is 1.07 bits per heavy atom. The van der Waals surface area contributed by atoms with Crippen LogP contribution in [0.2, 0.25) is 0 Å². The van der Waals surface area contributed by atoms with E-state index >= 15 is 0 Å². The highest BCUT2D eigenvalue weighted by molar-refractivity contribution is 5.53. The first kappa shape index (κ1) is 33.9. The van der Waals surface area contributed by atoms with Crippen molar-refractivity contribution in [1.82, 2.24) is 0 Å². The first-order chi connectivity index (χ1) is 13.1. The monoisotopic (exact) mass is 416 g/mol. The van der Waals surface area contributed by atoms with E-state index < -0.39 is 12.3 Å².